The second kappa shape index (κ2) is 6.41. The van der Waals surface area contributed by atoms with E-state index in [9.17, 15) is 0 Å². The van der Waals surface area contributed by atoms with Gasteiger partial charge in [0.25, 0.3) is 0 Å². The molecule has 0 saturated carbocycles. The number of aromatic nitrogens is 2. The molecule has 4 heteroatoms. The third-order valence-corrected chi connectivity index (χ3v) is 4.23. The molecule has 0 spiro atoms. The molecule has 1 unspecified atom stereocenters. The van der Waals surface area contributed by atoms with Gasteiger partial charge in [0.15, 0.2) is 0 Å². The Bertz CT molecular complexity index is 606. The maximum Gasteiger partial charge on any atom is 0.0713 e. The molecule has 1 atom stereocenters. The Morgan fingerprint density at radius 1 is 1.38 bits per heavy atom. The van der Waals surface area contributed by atoms with Crippen LogP contribution in [0, 0.1) is 0 Å². The van der Waals surface area contributed by atoms with Crippen LogP contribution in [0.25, 0.3) is 0 Å². The van der Waals surface area contributed by atoms with Gasteiger partial charge in [-0.15, -0.1) is 0 Å². The maximum atomic E-state index is 5.20. The van der Waals surface area contributed by atoms with Gasteiger partial charge in [-0.1, -0.05) is 24.3 Å². The minimum absolute atomic E-state index is 0.425. The first-order valence-corrected chi connectivity index (χ1v) is 7.59. The first kappa shape index (κ1) is 14.3. The second-order valence-electron chi connectivity index (χ2n) is 5.75. The van der Waals surface area contributed by atoms with E-state index in [1.165, 1.54) is 35.2 Å². The Morgan fingerprint density at radius 3 is 3.10 bits per heavy atom. The number of rotatable bonds is 5. The lowest BCUT2D eigenvalue weighted by molar-refractivity contribution is 0.185. The SMILES string of the molecule is COCc1cccc(CNC2CCCc3c2cnn3C)c1. The van der Waals surface area contributed by atoms with Crippen molar-refractivity contribution in [2.45, 2.75) is 38.5 Å². The number of hydrogen-bond donors (Lipinski definition) is 1. The monoisotopic (exact) mass is 285 g/mol. The molecule has 1 aromatic carbocycles. The lowest BCUT2D eigenvalue weighted by Crippen LogP contribution is -2.25. The summed E-state index contributed by atoms with van der Waals surface area (Å²) >= 11 is 0. The molecule has 1 N–H and O–H groups in total. The Labute approximate surface area is 126 Å². The summed E-state index contributed by atoms with van der Waals surface area (Å²) in [6.45, 7) is 1.56. The smallest absolute Gasteiger partial charge is 0.0713 e. The quantitative estimate of drug-likeness (QED) is 0.918. The number of benzene rings is 1. The number of aryl methyl sites for hydroxylation is 1. The van der Waals surface area contributed by atoms with E-state index in [0.29, 0.717) is 12.6 Å². The Morgan fingerprint density at radius 2 is 2.24 bits per heavy atom. The lowest BCUT2D eigenvalue weighted by Gasteiger charge is -2.24. The van der Waals surface area contributed by atoms with Crippen LogP contribution in [-0.2, 0) is 31.4 Å². The van der Waals surface area contributed by atoms with E-state index in [4.69, 9.17) is 4.74 Å². The molecule has 0 fully saturated rings. The Hall–Kier alpha value is -1.65. The van der Waals surface area contributed by atoms with Gasteiger partial charge in [0, 0.05) is 38.0 Å². The summed E-state index contributed by atoms with van der Waals surface area (Å²) < 4.78 is 7.21. The summed E-state index contributed by atoms with van der Waals surface area (Å²) in [5.74, 6) is 0. The molecular weight excluding hydrogens is 262 g/mol. The predicted molar refractivity (Wildman–Crippen MR) is 82.9 cm³/mol. The molecule has 21 heavy (non-hydrogen) atoms. The summed E-state index contributed by atoms with van der Waals surface area (Å²) in [4.78, 5) is 0. The zero-order valence-corrected chi connectivity index (χ0v) is 12.8. The van der Waals surface area contributed by atoms with E-state index < -0.39 is 0 Å². The minimum atomic E-state index is 0.425. The lowest BCUT2D eigenvalue weighted by atomic mass is 9.93. The van der Waals surface area contributed by atoms with Crippen molar-refractivity contribution in [1.29, 1.82) is 0 Å². The highest BCUT2D eigenvalue weighted by molar-refractivity contribution is 5.26. The summed E-state index contributed by atoms with van der Waals surface area (Å²) in [5.41, 5.74) is 5.28. The minimum Gasteiger partial charge on any atom is -0.380 e. The van der Waals surface area contributed by atoms with Gasteiger partial charge in [0.05, 0.1) is 12.8 Å². The molecule has 0 aliphatic heterocycles. The predicted octanol–water partition coefficient (Wildman–Crippen LogP) is 2.73. The zero-order chi connectivity index (χ0) is 14.7. The van der Waals surface area contributed by atoms with Gasteiger partial charge < -0.3 is 10.1 Å². The van der Waals surface area contributed by atoms with Crippen LogP contribution in [0.3, 0.4) is 0 Å². The molecular formula is C17H23N3O. The van der Waals surface area contributed by atoms with Crippen molar-refractivity contribution in [2.75, 3.05) is 7.11 Å². The van der Waals surface area contributed by atoms with Crippen molar-refractivity contribution in [2.24, 2.45) is 7.05 Å². The number of nitrogens with zero attached hydrogens (tertiary/aromatic N) is 2. The van der Waals surface area contributed by atoms with E-state index in [0.717, 1.165) is 13.0 Å². The zero-order valence-electron chi connectivity index (χ0n) is 12.8. The number of ether oxygens (including phenoxy) is 1. The number of fused-ring (bicyclic) bond motifs is 1. The van der Waals surface area contributed by atoms with Crippen LogP contribution in [0.15, 0.2) is 30.5 Å². The van der Waals surface area contributed by atoms with Crippen molar-refractivity contribution in [3.8, 4) is 0 Å². The van der Waals surface area contributed by atoms with Gasteiger partial charge >= 0.3 is 0 Å². The van der Waals surface area contributed by atoms with Gasteiger partial charge in [-0.25, -0.2) is 0 Å². The summed E-state index contributed by atoms with van der Waals surface area (Å²) in [6.07, 6.45) is 5.59. The first-order valence-electron chi connectivity index (χ1n) is 7.59. The van der Waals surface area contributed by atoms with E-state index in [-0.39, 0.29) is 0 Å². The fraction of sp³-hybridized carbons (Fsp3) is 0.471. The molecule has 0 amide bonds. The van der Waals surface area contributed by atoms with Crippen LogP contribution in [0.1, 0.15) is 41.3 Å². The van der Waals surface area contributed by atoms with Crippen LogP contribution < -0.4 is 5.32 Å². The highest BCUT2D eigenvalue weighted by Gasteiger charge is 2.22. The molecule has 0 radical (unpaired) electrons. The van der Waals surface area contributed by atoms with Crippen LogP contribution in [0.4, 0.5) is 0 Å². The summed E-state index contributed by atoms with van der Waals surface area (Å²) in [5, 5.41) is 8.08. The standard InChI is InChI=1S/C17H23N3O/c1-20-17-8-4-7-16(15(17)11-19-20)18-10-13-5-3-6-14(9-13)12-21-2/h3,5-6,9,11,16,18H,4,7-8,10,12H2,1-2H3. The average molecular weight is 285 g/mol. The number of nitrogens with one attached hydrogen (secondary N) is 1. The molecule has 1 aromatic heterocycles. The topological polar surface area (TPSA) is 39.1 Å². The van der Waals surface area contributed by atoms with Crippen molar-refractivity contribution in [1.82, 2.24) is 15.1 Å². The number of hydrogen-bond acceptors (Lipinski definition) is 3. The van der Waals surface area contributed by atoms with E-state index in [2.05, 4.69) is 34.7 Å². The third kappa shape index (κ3) is 3.17. The van der Waals surface area contributed by atoms with Crippen LogP contribution >= 0.6 is 0 Å². The molecule has 112 valence electrons. The van der Waals surface area contributed by atoms with Crippen molar-refractivity contribution in [3.05, 3.63) is 52.8 Å². The van der Waals surface area contributed by atoms with E-state index in [1.54, 1.807) is 7.11 Å². The Balaban J connectivity index is 1.67. The molecule has 1 aliphatic carbocycles. The van der Waals surface area contributed by atoms with Crippen molar-refractivity contribution in [3.63, 3.8) is 0 Å². The first-order chi connectivity index (χ1) is 10.3. The fourth-order valence-electron chi connectivity index (χ4n) is 3.16. The van der Waals surface area contributed by atoms with Crippen molar-refractivity contribution >= 4 is 0 Å². The van der Waals surface area contributed by atoms with Gasteiger partial charge in [0.1, 0.15) is 0 Å². The van der Waals surface area contributed by atoms with Crippen LogP contribution in [-0.4, -0.2) is 16.9 Å². The maximum absolute atomic E-state index is 5.20. The van der Waals surface area contributed by atoms with Gasteiger partial charge in [-0.3, -0.25) is 4.68 Å². The van der Waals surface area contributed by atoms with Gasteiger partial charge in [0.2, 0.25) is 0 Å². The molecule has 4 nitrogen and oxygen atoms in total. The van der Waals surface area contributed by atoms with Gasteiger partial charge in [-0.05, 0) is 30.4 Å². The average Bonchev–Trinajstić information content (AvgIpc) is 2.88. The highest BCUT2D eigenvalue weighted by Crippen LogP contribution is 2.29. The normalized spacial score (nSPS) is 17.7. The van der Waals surface area contributed by atoms with Crippen LogP contribution in [0.2, 0.25) is 0 Å². The number of methoxy groups -OCH3 is 1. The summed E-state index contributed by atoms with van der Waals surface area (Å²) in [7, 11) is 3.77. The van der Waals surface area contributed by atoms with Crippen LogP contribution in [0.5, 0.6) is 0 Å². The summed E-state index contributed by atoms with van der Waals surface area (Å²) in [6, 6.07) is 9.01. The highest BCUT2D eigenvalue weighted by atomic mass is 16.5. The van der Waals surface area contributed by atoms with Gasteiger partial charge in [-0.2, -0.15) is 5.10 Å². The molecule has 0 saturated heterocycles. The molecule has 1 aliphatic rings. The molecule has 3 rings (SSSR count). The second-order valence-corrected chi connectivity index (χ2v) is 5.75. The molecule has 2 aromatic rings. The van der Waals surface area contributed by atoms with Crippen molar-refractivity contribution < 1.29 is 4.74 Å². The van der Waals surface area contributed by atoms with E-state index in [1.807, 2.05) is 17.9 Å². The molecule has 1 heterocycles. The fourth-order valence-corrected chi connectivity index (χ4v) is 3.16. The molecule has 0 bridgehead atoms. The third-order valence-electron chi connectivity index (χ3n) is 4.23. The largest absolute Gasteiger partial charge is 0.380 e. The Kier molecular flexibility index (Phi) is 4.36. The van der Waals surface area contributed by atoms with E-state index >= 15 is 0 Å².